The third-order valence-corrected chi connectivity index (χ3v) is 3.23. The number of hydrogen-bond acceptors (Lipinski definition) is 5. The fourth-order valence-electron chi connectivity index (χ4n) is 2.12. The number of carbonyl (C=O) groups is 1. The van der Waals surface area contributed by atoms with Crippen LogP contribution in [0.3, 0.4) is 0 Å². The first-order chi connectivity index (χ1) is 9.29. The molecule has 19 heavy (non-hydrogen) atoms. The number of ether oxygens (including phenoxy) is 1. The summed E-state index contributed by atoms with van der Waals surface area (Å²) in [5.41, 5.74) is 4.16. The smallest absolute Gasteiger partial charge is 0.322 e. The van der Waals surface area contributed by atoms with E-state index in [0.29, 0.717) is 13.2 Å². The average molecular weight is 264 g/mol. The Kier molecular flexibility index (Phi) is 5.32. The molecule has 1 aliphatic heterocycles. The van der Waals surface area contributed by atoms with E-state index in [2.05, 4.69) is 10.8 Å². The van der Waals surface area contributed by atoms with E-state index in [-0.39, 0.29) is 18.1 Å². The lowest BCUT2D eigenvalue weighted by atomic mass is 10.0. The molecule has 1 aromatic rings. The molecule has 1 aliphatic rings. The monoisotopic (exact) mass is 264 g/mol. The Morgan fingerprint density at radius 3 is 2.79 bits per heavy atom. The van der Waals surface area contributed by atoms with Crippen molar-refractivity contribution < 1.29 is 14.4 Å². The van der Waals surface area contributed by atoms with Crippen molar-refractivity contribution in [1.29, 1.82) is 0 Å². The van der Waals surface area contributed by atoms with E-state index >= 15 is 0 Å². The minimum atomic E-state index is -0.191. The molecule has 2 rings (SSSR count). The molecule has 0 saturated carbocycles. The third kappa shape index (κ3) is 4.31. The van der Waals surface area contributed by atoms with Crippen LogP contribution < -0.4 is 10.8 Å². The molecule has 0 amide bonds. The maximum atomic E-state index is 11.3. The second-order valence-corrected chi connectivity index (χ2v) is 4.65. The Balaban J connectivity index is 1.65. The minimum Gasteiger partial charge on any atom is -0.468 e. The second-order valence-electron chi connectivity index (χ2n) is 4.65. The van der Waals surface area contributed by atoms with Crippen LogP contribution >= 0.6 is 0 Å². The van der Waals surface area contributed by atoms with Gasteiger partial charge in [-0.1, -0.05) is 30.3 Å². The summed E-state index contributed by atoms with van der Waals surface area (Å²) in [6, 6.07) is 10.0. The van der Waals surface area contributed by atoms with Crippen LogP contribution in [0.1, 0.15) is 18.4 Å². The zero-order valence-electron chi connectivity index (χ0n) is 11.1. The van der Waals surface area contributed by atoms with Gasteiger partial charge in [0.05, 0.1) is 13.7 Å². The molecule has 2 N–H and O–H groups in total. The second kappa shape index (κ2) is 7.23. The molecule has 0 bridgehead atoms. The number of esters is 1. The molecule has 1 saturated heterocycles. The van der Waals surface area contributed by atoms with Gasteiger partial charge in [-0.15, -0.1) is 0 Å². The van der Waals surface area contributed by atoms with E-state index in [1.807, 2.05) is 30.3 Å². The summed E-state index contributed by atoms with van der Waals surface area (Å²) in [5.74, 6) is -0.191. The van der Waals surface area contributed by atoms with Gasteiger partial charge < -0.3 is 10.1 Å². The first kappa shape index (κ1) is 14.0. The zero-order valence-corrected chi connectivity index (χ0v) is 11.1. The van der Waals surface area contributed by atoms with E-state index < -0.39 is 0 Å². The maximum Gasteiger partial charge on any atom is 0.322 e. The fraction of sp³-hybridized carbons (Fsp3) is 0.500. The highest BCUT2D eigenvalue weighted by molar-refractivity contribution is 5.75. The van der Waals surface area contributed by atoms with Gasteiger partial charge in [-0.2, -0.15) is 5.48 Å². The lowest BCUT2D eigenvalue weighted by Crippen LogP contribution is -2.50. The highest BCUT2D eigenvalue weighted by Crippen LogP contribution is 2.10. The van der Waals surface area contributed by atoms with Crippen LogP contribution in [0.25, 0.3) is 0 Å². The average Bonchev–Trinajstić information content (AvgIpc) is 2.48. The molecule has 104 valence electrons. The van der Waals surface area contributed by atoms with Crippen molar-refractivity contribution in [2.45, 2.75) is 31.5 Å². The van der Waals surface area contributed by atoms with Crippen LogP contribution in [0.5, 0.6) is 0 Å². The van der Waals surface area contributed by atoms with Gasteiger partial charge in [-0.05, 0) is 18.4 Å². The number of carbonyl (C=O) groups excluding carboxylic acids is 1. The molecule has 2 atom stereocenters. The predicted octanol–water partition coefficient (Wildman–Crippen LogP) is 1.00. The van der Waals surface area contributed by atoms with Gasteiger partial charge in [-0.3, -0.25) is 9.63 Å². The number of piperidine rings is 1. The predicted molar refractivity (Wildman–Crippen MR) is 71.2 cm³/mol. The van der Waals surface area contributed by atoms with Gasteiger partial charge in [0.2, 0.25) is 0 Å². The van der Waals surface area contributed by atoms with Gasteiger partial charge in [0, 0.05) is 12.6 Å². The van der Waals surface area contributed by atoms with Gasteiger partial charge in [0.1, 0.15) is 6.04 Å². The first-order valence-corrected chi connectivity index (χ1v) is 6.52. The van der Waals surface area contributed by atoms with Crippen molar-refractivity contribution in [2.75, 3.05) is 13.7 Å². The van der Waals surface area contributed by atoms with Gasteiger partial charge >= 0.3 is 5.97 Å². The van der Waals surface area contributed by atoms with Crippen molar-refractivity contribution in [1.82, 2.24) is 10.8 Å². The van der Waals surface area contributed by atoms with Crippen LogP contribution in [-0.4, -0.2) is 31.7 Å². The Hall–Kier alpha value is -1.43. The normalized spacial score (nSPS) is 23.0. The van der Waals surface area contributed by atoms with Crippen molar-refractivity contribution in [3.05, 3.63) is 35.9 Å². The Labute approximate surface area is 113 Å². The molecule has 0 aromatic heterocycles. The standard InChI is InChI=1S/C14H20N2O3/c1-18-14(17)13-8-7-12(9-15-13)16-19-10-11-5-3-2-4-6-11/h2-6,12-13,15-16H,7-10H2,1H3/t12-,13-/m1/s1. The van der Waals surface area contributed by atoms with Gasteiger partial charge in [0.25, 0.3) is 0 Å². The number of hydroxylamine groups is 1. The summed E-state index contributed by atoms with van der Waals surface area (Å²) < 4.78 is 4.71. The highest BCUT2D eigenvalue weighted by atomic mass is 16.6. The Morgan fingerprint density at radius 1 is 1.37 bits per heavy atom. The first-order valence-electron chi connectivity index (χ1n) is 6.52. The van der Waals surface area contributed by atoms with E-state index in [9.17, 15) is 4.79 Å². The summed E-state index contributed by atoms with van der Waals surface area (Å²) in [4.78, 5) is 16.8. The number of nitrogens with one attached hydrogen (secondary N) is 2. The van der Waals surface area contributed by atoms with E-state index in [4.69, 9.17) is 9.57 Å². The molecule has 1 heterocycles. The van der Waals surface area contributed by atoms with Crippen LogP contribution in [-0.2, 0) is 21.0 Å². The van der Waals surface area contributed by atoms with Crippen LogP contribution in [0.4, 0.5) is 0 Å². The number of methoxy groups -OCH3 is 1. The van der Waals surface area contributed by atoms with E-state index in [0.717, 1.165) is 18.4 Å². The Bertz CT molecular complexity index is 389. The van der Waals surface area contributed by atoms with Crippen LogP contribution in [0.2, 0.25) is 0 Å². The van der Waals surface area contributed by atoms with E-state index in [1.54, 1.807) is 0 Å². The molecule has 0 aliphatic carbocycles. The fourth-order valence-corrected chi connectivity index (χ4v) is 2.12. The largest absolute Gasteiger partial charge is 0.468 e. The van der Waals surface area contributed by atoms with Crippen molar-refractivity contribution >= 4 is 5.97 Å². The molecule has 5 heteroatoms. The number of hydrogen-bond donors (Lipinski definition) is 2. The van der Waals surface area contributed by atoms with Crippen molar-refractivity contribution in [2.24, 2.45) is 0 Å². The molecular weight excluding hydrogens is 244 g/mol. The quantitative estimate of drug-likeness (QED) is 0.614. The minimum absolute atomic E-state index is 0.183. The summed E-state index contributed by atoms with van der Waals surface area (Å²) >= 11 is 0. The molecule has 1 fully saturated rings. The van der Waals surface area contributed by atoms with Crippen LogP contribution in [0, 0.1) is 0 Å². The highest BCUT2D eigenvalue weighted by Gasteiger charge is 2.26. The molecule has 0 unspecified atom stereocenters. The zero-order chi connectivity index (χ0) is 13.5. The Morgan fingerprint density at radius 2 is 2.16 bits per heavy atom. The SMILES string of the molecule is COC(=O)[C@H]1CC[C@@H](NOCc2ccccc2)CN1. The topological polar surface area (TPSA) is 59.6 Å². The summed E-state index contributed by atoms with van der Waals surface area (Å²) in [6.45, 7) is 1.24. The lowest BCUT2D eigenvalue weighted by molar-refractivity contribution is -0.144. The van der Waals surface area contributed by atoms with Crippen molar-refractivity contribution in [3.63, 3.8) is 0 Å². The molecule has 1 aromatic carbocycles. The molecule has 5 nitrogen and oxygen atoms in total. The van der Waals surface area contributed by atoms with Gasteiger partial charge in [-0.25, -0.2) is 0 Å². The maximum absolute atomic E-state index is 11.3. The molecule has 0 spiro atoms. The number of rotatable bonds is 5. The summed E-state index contributed by atoms with van der Waals surface area (Å²) in [7, 11) is 1.41. The van der Waals surface area contributed by atoms with Crippen LogP contribution in [0.15, 0.2) is 30.3 Å². The summed E-state index contributed by atoms with van der Waals surface area (Å²) in [6.07, 6.45) is 1.65. The molecular formula is C14H20N2O3. The lowest BCUT2D eigenvalue weighted by Gasteiger charge is -2.28. The van der Waals surface area contributed by atoms with Gasteiger partial charge in [0.15, 0.2) is 0 Å². The number of benzene rings is 1. The van der Waals surface area contributed by atoms with E-state index in [1.165, 1.54) is 7.11 Å². The summed E-state index contributed by atoms with van der Waals surface area (Å²) in [5, 5.41) is 3.15. The van der Waals surface area contributed by atoms with Crippen molar-refractivity contribution in [3.8, 4) is 0 Å². The molecule has 0 radical (unpaired) electrons. The third-order valence-electron chi connectivity index (χ3n) is 3.23.